The lowest BCUT2D eigenvalue weighted by atomic mass is 9.55. The molecule has 23 heavy (non-hydrogen) atoms. The standard InChI is InChI=1S/C19H25NO3/c1-11-5-8-15(22-4)17-16(11)19-9-10-20(3)12(2)13(19)6-7-14(21)18(19)23-17/h5,8,12-13,18H,6-7,9-10H2,1-4H3/t12-,13?,18+,19+/m1/s1. The summed E-state index contributed by atoms with van der Waals surface area (Å²) < 4.78 is 11.8. The fourth-order valence-corrected chi connectivity index (χ4v) is 5.28. The van der Waals surface area contributed by atoms with Crippen molar-refractivity contribution in [2.45, 2.75) is 50.7 Å². The molecule has 0 aromatic heterocycles. The molecule has 0 radical (unpaired) electrons. The Morgan fingerprint density at radius 2 is 2.17 bits per heavy atom. The molecule has 1 unspecified atom stereocenters. The molecule has 0 N–H and O–H groups in total. The van der Waals surface area contributed by atoms with Crippen LogP contribution in [0.3, 0.4) is 0 Å². The van der Waals surface area contributed by atoms with Gasteiger partial charge >= 0.3 is 0 Å². The van der Waals surface area contributed by atoms with Gasteiger partial charge in [0.25, 0.3) is 0 Å². The van der Waals surface area contributed by atoms with Crippen LogP contribution in [0.1, 0.15) is 37.3 Å². The molecule has 4 atom stereocenters. The first-order chi connectivity index (χ1) is 11.0. The average Bonchev–Trinajstić information content (AvgIpc) is 2.89. The second kappa shape index (κ2) is 4.97. The Labute approximate surface area is 137 Å². The van der Waals surface area contributed by atoms with Gasteiger partial charge in [0, 0.05) is 23.4 Å². The van der Waals surface area contributed by atoms with E-state index < -0.39 is 0 Å². The van der Waals surface area contributed by atoms with E-state index in [4.69, 9.17) is 9.47 Å². The van der Waals surface area contributed by atoms with Gasteiger partial charge in [-0.15, -0.1) is 0 Å². The maximum atomic E-state index is 12.7. The fraction of sp³-hybridized carbons (Fsp3) is 0.632. The minimum absolute atomic E-state index is 0.171. The van der Waals surface area contributed by atoms with Crippen LogP contribution in [0.15, 0.2) is 12.1 Å². The van der Waals surface area contributed by atoms with Crippen LogP contribution >= 0.6 is 0 Å². The number of ether oxygens (including phenoxy) is 2. The molecule has 3 aliphatic rings. The number of carbonyl (C=O) groups is 1. The van der Waals surface area contributed by atoms with Gasteiger partial charge in [-0.2, -0.15) is 0 Å². The van der Waals surface area contributed by atoms with Crippen molar-refractivity contribution in [1.82, 2.24) is 4.90 Å². The van der Waals surface area contributed by atoms with E-state index in [9.17, 15) is 4.79 Å². The van der Waals surface area contributed by atoms with Crippen LogP contribution < -0.4 is 9.47 Å². The molecule has 0 amide bonds. The van der Waals surface area contributed by atoms with Gasteiger partial charge in [0.15, 0.2) is 23.4 Å². The van der Waals surface area contributed by atoms with Crippen LogP contribution in [0.5, 0.6) is 11.5 Å². The largest absolute Gasteiger partial charge is 0.493 e. The van der Waals surface area contributed by atoms with E-state index in [-0.39, 0.29) is 17.3 Å². The van der Waals surface area contributed by atoms with Gasteiger partial charge in [-0.25, -0.2) is 0 Å². The third-order valence-electron chi connectivity index (χ3n) is 6.53. The summed E-state index contributed by atoms with van der Waals surface area (Å²) >= 11 is 0. The number of rotatable bonds is 1. The van der Waals surface area contributed by atoms with Gasteiger partial charge in [0.05, 0.1) is 7.11 Å². The number of hydrogen-bond acceptors (Lipinski definition) is 4. The monoisotopic (exact) mass is 315 g/mol. The maximum Gasteiger partial charge on any atom is 0.174 e. The molecule has 0 bridgehead atoms. The molecule has 1 spiro atoms. The Morgan fingerprint density at radius 3 is 2.91 bits per heavy atom. The van der Waals surface area contributed by atoms with Gasteiger partial charge in [-0.3, -0.25) is 4.79 Å². The molecule has 1 aliphatic carbocycles. The zero-order chi connectivity index (χ0) is 16.4. The highest BCUT2D eigenvalue weighted by atomic mass is 16.5. The van der Waals surface area contributed by atoms with Gasteiger partial charge < -0.3 is 14.4 Å². The Hall–Kier alpha value is -1.55. The average molecular weight is 315 g/mol. The minimum atomic E-state index is -0.331. The summed E-state index contributed by atoms with van der Waals surface area (Å²) in [6, 6.07) is 4.52. The van der Waals surface area contributed by atoms with E-state index in [0.29, 0.717) is 18.4 Å². The molecule has 4 nitrogen and oxygen atoms in total. The van der Waals surface area contributed by atoms with Crippen molar-refractivity contribution < 1.29 is 14.3 Å². The number of nitrogens with zero attached hydrogens (tertiary/aromatic N) is 1. The highest BCUT2D eigenvalue weighted by Gasteiger charge is 2.62. The molecule has 4 heteroatoms. The summed E-state index contributed by atoms with van der Waals surface area (Å²) in [6.07, 6.45) is 2.24. The number of aryl methyl sites for hydroxylation is 1. The zero-order valence-electron chi connectivity index (χ0n) is 14.4. The molecule has 1 aromatic rings. The predicted molar refractivity (Wildman–Crippen MR) is 88.3 cm³/mol. The number of fused-ring (bicyclic) bond motifs is 1. The van der Waals surface area contributed by atoms with E-state index in [2.05, 4.69) is 31.9 Å². The molecule has 1 saturated heterocycles. The summed E-state index contributed by atoms with van der Waals surface area (Å²) in [7, 11) is 3.86. The second-order valence-corrected chi connectivity index (χ2v) is 7.41. The summed E-state index contributed by atoms with van der Waals surface area (Å²) in [4.78, 5) is 15.1. The molecular formula is C19H25NO3. The first kappa shape index (κ1) is 15.0. The topological polar surface area (TPSA) is 38.8 Å². The SMILES string of the molecule is COc1ccc(C)c2c1O[C@H]1C(=O)CCC3[C@@H](C)N(C)CC[C@@]231. The number of carbonyl (C=O) groups excluding carboxylic acids is 1. The number of benzene rings is 1. The number of likely N-dealkylation sites (tertiary alicyclic amines) is 1. The van der Waals surface area contributed by atoms with E-state index in [1.807, 2.05) is 6.07 Å². The van der Waals surface area contributed by atoms with Gasteiger partial charge in [-0.05, 0) is 57.8 Å². The number of piperidine rings is 1. The van der Waals surface area contributed by atoms with Crippen LogP contribution in [0.25, 0.3) is 0 Å². The molecule has 4 rings (SSSR count). The van der Waals surface area contributed by atoms with Crippen LogP contribution in [-0.4, -0.2) is 43.5 Å². The molecule has 1 saturated carbocycles. The maximum absolute atomic E-state index is 12.7. The minimum Gasteiger partial charge on any atom is -0.493 e. The Balaban J connectivity index is 1.96. The van der Waals surface area contributed by atoms with E-state index in [1.165, 1.54) is 11.1 Å². The molecule has 1 aromatic carbocycles. The zero-order valence-corrected chi connectivity index (χ0v) is 14.4. The van der Waals surface area contributed by atoms with Crippen molar-refractivity contribution in [2.24, 2.45) is 5.92 Å². The second-order valence-electron chi connectivity index (χ2n) is 7.41. The van der Waals surface area contributed by atoms with E-state index >= 15 is 0 Å². The lowest BCUT2D eigenvalue weighted by Crippen LogP contribution is -2.62. The highest BCUT2D eigenvalue weighted by Crippen LogP contribution is 2.60. The van der Waals surface area contributed by atoms with Crippen LogP contribution in [0, 0.1) is 12.8 Å². The molecule has 2 fully saturated rings. The third kappa shape index (κ3) is 1.78. The van der Waals surface area contributed by atoms with Gasteiger partial charge in [0.2, 0.25) is 0 Å². The summed E-state index contributed by atoms with van der Waals surface area (Å²) in [5, 5.41) is 0. The molecular weight excluding hydrogens is 290 g/mol. The normalized spacial score (nSPS) is 36.0. The van der Waals surface area contributed by atoms with Gasteiger partial charge in [-0.1, -0.05) is 6.07 Å². The molecule has 2 aliphatic heterocycles. The van der Waals surface area contributed by atoms with Crippen LogP contribution in [0.4, 0.5) is 0 Å². The van der Waals surface area contributed by atoms with Crippen molar-refractivity contribution in [3.63, 3.8) is 0 Å². The third-order valence-corrected chi connectivity index (χ3v) is 6.53. The van der Waals surface area contributed by atoms with Crippen molar-refractivity contribution in [3.8, 4) is 11.5 Å². The van der Waals surface area contributed by atoms with Crippen molar-refractivity contribution >= 4 is 5.78 Å². The lowest BCUT2D eigenvalue weighted by Gasteiger charge is -2.53. The van der Waals surface area contributed by atoms with Crippen LogP contribution in [0.2, 0.25) is 0 Å². The number of hydrogen-bond donors (Lipinski definition) is 0. The molecule has 2 heterocycles. The first-order valence-corrected chi connectivity index (χ1v) is 8.58. The number of methoxy groups -OCH3 is 1. The molecule has 124 valence electrons. The predicted octanol–water partition coefficient (Wildman–Crippen LogP) is 2.71. The number of ketones is 1. The van der Waals surface area contributed by atoms with E-state index in [1.54, 1.807) is 7.11 Å². The Kier molecular flexibility index (Phi) is 3.24. The summed E-state index contributed by atoms with van der Waals surface area (Å²) in [5.74, 6) is 2.29. The van der Waals surface area contributed by atoms with Crippen molar-refractivity contribution in [2.75, 3.05) is 20.7 Å². The summed E-state index contributed by atoms with van der Waals surface area (Å²) in [6.45, 7) is 5.44. The Morgan fingerprint density at radius 1 is 1.39 bits per heavy atom. The smallest absolute Gasteiger partial charge is 0.174 e. The van der Waals surface area contributed by atoms with Gasteiger partial charge in [0.1, 0.15) is 0 Å². The number of Topliss-reactive ketones (excluding diaryl/α,β-unsaturated/α-hetero) is 1. The Bertz CT molecular complexity index is 671. The first-order valence-electron chi connectivity index (χ1n) is 8.58. The van der Waals surface area contributed by atoms with E-state index in [0.717, 1.165) is 30.9 Å². The lowest BCUT2D eigenvalue weighted by molar-refractivity contribution is -0.137. The van der Waals surface area contributed by atoms with Crippen molar-refractivity contribution in [1.29, 1.82) is 0 Å². The quantitative estimate of drug-likeness (QED) is 0.799. The van der Waals surface area contributed by atoms with Crippen molar-refractivity contribution in [3.05, 3.63) is 23.3 Å². The highest BCUT2D eigenvalue weighted by molar-refractivity contribution is 5.88. The van der Waals surface area contributed by atoms with Crippen LogP contribution in [-0.2, 0) is 10.2 Å². The summed E-state index contributed by atoms with van der Waals surface area (Å²) in [5.41, 5.74) is 2.29. The fourth-order valence-electron chi connectivity index (χ4n) is 5.28.